The molecule has 1 heterocycles. The van der Waals surface area contributed by atoms with Gasteiger partial charge >= 0.3 is 0 Å². The molecule has 2 aromatic rings. The van der Waals surface area contributed by atoms with Crippen LogP contribution >= 0.6 is 0 Å². The third-order valence-electron chi connectivity index (χ3n) is 5.30. The quantitative estimate of drug-likeness (QED) is 0.648. The molecule has 0 aliphatic carbocycles. The SMILES string of the molecule is CC[C@@H](Oc1cc(C)ccc1C)C(=O)Nc1ccc(OC)c(S(=O)(=O)N2CCOCC2)c1. The Kier molecular flexibility index (Phi) is 7.76. The molecule has 0 bridgehead atoms. The van der Waals surface area contributed by atoms with Crippen LogP contribution in [0.5, 0.6) is 11.5 Å². The number of sulfonamides is 1. The fourth-order valence-electron chi connectivity index (χ4n) is 3.41. The number of benzene rings is 2. The predicted molar refractivity (Wildman–Crippen MR) is 122 cm³/mol. The molecule has 174 valence electrons. The maximum Gasteiger partial charge on any atom is 0.265 e. The molecule has 32 heavy (non-hydrogen) atoms. The number of rotatable bonds is 8. The number of anilines is 1. The van der Waals surface area contributed by atoms with Crippen LogP contribution in [0.2, 0.25) is 0 Å². The van der Waals surface area contributed by atoms with Gasteiger partial charge in [-0.1, -0.05) is 19.1 Å². The predicted octanol–water partition coefficient (Wildman–Crippen LogP) is 3.13. The van der Waals surface area contributed by atoms with Gasteiger partial charge in [0.1, 0.15) is 16.4 Å². The Morgan fingerprint density at radius 1 is 1.12 bits per heavy atom. The smallest absolute Gasteiger partial charge is 0.265 e. The monoisotopic (exact) mass is 462 g/mol. The molecule has 9 heteroatoms. The van der Waals surface area contributed by atoms with Crippen LogP contribution in [0.4, 0.5) is 5.69 Å². The molecule has 0 spiro atoms. The number of aryl methyl sites for hydroxylation is 2. The molecule has 1 amide bonds. The third-order valence-corrected chi connectivity index (χ3v) is 7.21. The van der Waals surface area contributed by atoms with Crippen molar-refractivity contribution in [1.29, 1.82) is 0 Å². The second-order valence-corrected chi connectivity index (χ2v) is 9.56. The molecule has 3 rings (SSSR count). The van der Waals surface area contributed by atoms with Gasteiger partial charge in [0.2, 0.25) is 10.0 Å². The number of carbonyl (C=O) groups excluding carboxylic acids is 1. The highest BCUT2D eigenvalue weighted by Gasteiger charge is 2.30. The van der Waals surface area contributed by atoms with E-state index in [2.05, 4.69) is 5.32 Å². The Balaban J connectivity index is 1.82. The van der Waals surface area contributed by atoms with Gasteiger partial charge in [0, 0.05) is 18.8 Å². The van der Waals surface area contributed by atoms with Gasteiger partial charge in [-0.25, -0.2) is 8.42 Å². The highest BCUT2D eigenvalue weighted by Crippen LogP contribution is 2.30. The highest BCUT2D eigenvalue weighted by molar-refractivity contribution is 7.89. The van der Waals surface area contributed by atoms with Crippen molar-refractivity contribution >= 4 is 21.6 Å². The minimum absolute atomic E-state index is 0.00296. The van der Waals surface area contributed by atoms with Crippen LogP contribution in [0.15, 0.2) is 41.3 Å². The van der Waals surface area contributed by atoms with Gasteiger partial charge in [-0.2, -0.15) is 4.31 Å². The van der Waals surface area contributed by atoms with Crippen LogP contribution in [0, 0.1) is 13.8 Å². The molecule has 0 unspecified atom stereocenters. The Bertz CT molecular complexity index is 1060. The fourth-order valence-corrected chi connectivity index (χ4v) is 5.00. The summed E-state index contributed by atoms with van der Waals surface area (Å²) in [4.78, 5) is 12.9. The number of amides is 1. The van der Waals surface area contributed by atoms with E-state index < -0.39 is 16.1 Å². The first-order valence-corrected chi connectivity index (χ1v) is 12.0. The molecule has 1 atom stereocenters. The summed E-state index contributed by atoms with van der Waals surface area (Å²) in [6.07, 6.45) is -0.272. The van der Waals surface area contributed by atoms with Crippen molar-refractivity contribution < 1.29 is 27.4 Å². The Labute approximate surface area is 189 Å². The van der Waals surface area contributed by atoms with Gasteiger partial charge in [-0.3, -0.25) is 4.79 Å². The highest BCUT2D eigenvalue weighted by atomic mass is 32.2. The minimum atomic E-state index is -3.80. The normalized spacial score (nSPS) is 15.8. The average molecular weight is 463 g/mol. The van der Waals surface area contributed by atoms with E-state index in [0.29, 0.717) is 31.1 Å². The van der Waals surface area contributed by atoms with Gasteiger partial charge < -0.3 is 19.5 Å². The average Bonchev–Trinajstić information content (AvgIpc) is 2.80. The first-order chi connectivity index (χ1) is 15.3. The first kappa shape index (κ1) is 24.0. The van der Waals surface area contributed by atoms with E-state index >= 15 is 0 Å². The van der Waals surface area contributed by atoms with Gasteiger partial charge in [0.15, 0.2) is 6.10 Å². The molecular formula is C23H30N2O6S. The maximum atomic E-state index is 13.2. The zero-order chi connectivity index (χ0) is 23.3. The molecule has 0 saturated carbocycles. The maximum absolute atomic E-state index is 13.2. The van der Waals surface area contributed by atoms with Crippen LogP contribution in [-0.4, -0.2) is 58.1 Å². The molecule has 1 aliphatic heterocycles. The van der Waals surface area contributed by atoms with E-state index in [1.807, 2.05) is 39.0 Å². The van der Waals surface area contributed by atoms with Crippen molar-refractivity contribution in [3.8, 4) is 11.5 Å². The lowest BCUT2D eigenvalue weighted by Crippen LogP contribution is -2.40. The Morgan fingerprint density at radius 2 is 1.84 bits per heavy atom. The zero-order valence-electron chi connectivity index (χ0n) is 18.9. The van der Waals surface area contributed by atoms with E-state index in [-0.39, 0.29) is 29.6 Å². The fraction of sp³-hybridized carbons (Fsp3) is 0.435. The van der Waals surface area contributed by atoms with Crippen molar-refractivity contribution in [2.24, 2.45) is 0 Å². The molecule has 0 radical (unpaired) electrons. The Hall–Kier alpha value is -2.62. The number of hydrogen-bond donors (Lipinski definition) is 1. The number of ether oxygens (including phenoxy) is 3. The summed E-state index contributed by atoms with van der Waals surface area (Å²) in [7, 11) is -2.39. The number of methoxy groups -OCH3 is 1. The number of hydrogen-bond acceptors (Lipinski definition) is 6. The molecule has 8 nitrogen and oxygen atoms in total. The summed E-state index contributed by atoms with van der Waals surface area (Å²) in [5, 5.41) is 2.79. The van der Waals surface area contributed by atoms with E-state index in [0.717, 1.165) is 11.1 Å². The minimum Gasteiger partial charge on any atom is -0.495 e. The van der Waals surface area contributed by atoms with Crippen molar-refractivity contribution in [2.45, 2.75) is 38.2 Å². The molecular weight excluding hydrogens is 432 g/mol. The Morgan fingerprint density at radius 3 is 2.50 bits per heavy atom. The molecule has 1 aliphatic rings. The summed E-state index contributed by atoms with van der Waals surface area (Å²) < 4.78 is 44.2. The number of nitrogens with zero attached hydrogens (tertiary/aromatic N) is 1. The molecule has 1 fully saturated rings. The van der Waals surface area contributed by atoms with Gasteiger partial charge in [0.05, 0.1) is 20.3 Å². The molecule has 0 aromatic heterocycles. The lowest BCUT2D eigenvalue weighted by Gasteiger charge is -2.27. The summed E-state index contributed by atoms with van der Waals surface area (Å²) in [5.74, 6) is 0.513. The standard InChI is InChI=1S/C23H30N2O6S/c1-5-19(31-21-14-16(2)6-7-17(21)3)23(26)24-18-8-9-20(29-4)22(15-18)32(27,28)25-10-12-30-13-11-25/h6-9,14-15,19H,5,10-13H2,1-4H3,(H,24,26)/t19-/m1/s1. The van der Waals surface area contributed by atoms with E-state index in [1.54, 1.807) is 6.07 Å². The summed E-state index contributed by atoms with van der Waals surface area (Å²) in [6.45, 7) is 6.95. The van der Waals surface area contributed by atoms with E-state index in [4.69, 9.17) is 14.2 Å². The van der Waals surface area contributed by atoms with E-state index in [9.17, 15) is 13.2 Å². The summed E-state index contributed by atoms with van der Waals surface area (Å²) in [6, 6.07) is 10.4. The van der Waals surface area contributed by atoms with Crippen molar-refractivity contribution in [2.75, 3.05) is 38.7 Å². The lowest BCUT2D eigenvalue weighted by atomic mass is 10.1. The first-order valence-electron chi connectivity index (χ1n) is 10.6. The van der Waals surface area contributed by atoms with Crippen molar-refractivity contribution in [3.05, 3.63) is 47.5 Å². The van der Waals surface area contributed by atoms with Gasteiger partial charge in [-0.05, 0) is 55.7 Å². The topological polar surface area (TPSA) is 94.2 Å². The molecule has 1 N–H and O–H groups in total. The van der Waals surface area contributed by atoms with Gasteiger partial charge in [0.25, 0.3) is 5.91 Å². The second-order valence-electron chi connectivity index (χ2n) is 7.66. The molecule has 2 aromatic carbocycles. The number of carbonyl (C=O) groups is 1. The van der Waals surface area contributed by atoms with E-state index in [1.165, 1.54) is 23.5 Å². The van der Waals surface area contributed by atoms with Crippen LogP contribution in [0.25, 0.3) is 0 Å². The van der Waals surface area contributed by atoms with Crippen LogP contribution < -0.4 is 14.8 Å². The number of morpholine rings is 1. The van der Waals surface area contributed by atoms with Crippen molar-refractivity contribution in [1.82, 2.24) is 4.31 Å². The second kappa shape index (κ2) is 10.3. The number of nitrogens with one attached hydrogen (secondary N) is 1. The van der Waals surface area contributed by atoms with Crippen LogP contribution in [-0.2, 0) is 19.6 Å². The van der Waals surface area contributed by atoms with Crippen LogP contribution in [0.1, 0.15) is 24.5 Å². The summed E-state index contributed by atoms with van der Waals surface area (Å²) in [5.41, 5.74) is 2.32. The third kappa shape index (κ3) is 5.40. The van der Waals surface area contributed by atoms with Gasteiger partial charge in [-0.15, -0.1) is 0 Å². The van der Waals surface area contributed by atoms with Crippen molar-refractivity contribution in [3.63, 3.8) is 0 Å². The van der Waals surface area contributed by atoms with Crippen LogP contribution in [0.3, 0.4) is 0 Å². The summed E-state index contributed by atoms with van der Waals surface area (Å²) >= 11 is 0. The molecule has 1 saturated heterocycles. The zero-order valence-corrected chi connectivity index (χ0v) is 19.7. The lowest BCUT2D eigenvalue weighted by molar-refractivity contribution is -0.122. The largest absolute Gasteiger partial charge is 0.495 e.